The Morgan fingerprint density at radius 3 is 2.54 bits per heavy atom. The topological polar surface area (TPSA) is 57.1 Å². The molecule has 132 valence electrons. The van der Waals surface area contributed by atoms with Gasteiger partial charge in [-0.15, -0.1) is 11.3 Å². The van der Waals surface area contributed by atoms with Gasteiger partial charge in [-0.05, 0) is 31.5 Å². The number of aromatic nitrogens is 3. The van der Waals surface area contributed by atoms with Gasteiger partial charge in [-0.3, -0.25) is 0 Å². The van der Waals surface area contributed by atoms with Crippen LogP contribution in [0, 0.1) is 19.7 Å². The third kappa shape index (κ3) is 2.55. The SMILES string of the molecule is COc1cnc2c(-c3nc4c(C)c(F)c(OC)cc4s3)cc(C)cc2n1. The minimum Gasteiger partial charge on any atom is -0.494 e. The Hall–Kier alpha value is -2.80. The lowest BCUT2D eigenvalue weighted by molar-refractivity contribution is 0.386. The lowest BCUT2D eigenvalue weighted by Crippen LogP contribution is -1.93. The van der Waals surface area contributed by atoms with Crippen molar-refractivity contribution in [3.63, 3.8) is 0 Å². The van der Waals surface area contributed by atoms with Gasteiger partial charge in [0, 0.05) is 17.2 Å². The smallest absolute Gasteiger partial charge is 0.232 e. The predicted octanol–water partition coefficient (Wildman–Crippen LogP) is 4.68. The van der Waals surface area contributed by atoms with Gasteiger partial charge in [-0.25, -0.2) is 19.3 Å². The van der Waals surface area contributed by atoms with Crippen molar-refractivity contribution in [2.24, 2.45) is 0 Å². The fourth-order valence-electron chi connectivity index (χ4n) is 2.94. The number of hydrogen-bond acceptors (Lipinski definition) is 6. The fourth-order valence-corrected chi connectivity index (χ4v) is 4.01. The van der Waals surface area contributed by atoms with Crippen LogP contribution in [0.5, 0.6) is 11.6 Å². The minimum atomic E-state index is -0.379. The van der Waals surface area contributed by atoms with Gasteiger partial charge in [0.05, 0.1) is 41.7 Å². The zero-order valence-electron chi connectivity index (χ0n) is 14.8. The molecule has 2 heterocycles. The van der Waals surface area contributed by atoms with Crippen LogP contribution in [0.1, 0.15) is 11.1 Å². The zero-order valence-corrected chi connectivity index (χ0v) is 15.6. The van der Waals surface area contributed by atoms with E-state index in [1.54, 1.807) is 26.3 Å². The van der Waals surface area contributed by atoms with E-state index < -0.39 is 0 Å². The first-order valence-electron chi connectivity index (χ1n) is 7.97. The molecule has 0 aliphatic carbocycles. The van der Waals surface area contributed by atoms with Crippen LogP contribution < -0.4 is 9.47 Å². The van der Waals surface area contributed by atoms with Crippen LogP contribution in [0.25, 0.3) is 31.8 Å². The van der Waals surface area contributed by atoms with E-state index in [4.69, 9.17) is 9.47 Å². The highest BCUT2D eigenvalue weighted by Gasteiger charge is 2.18. The van der Waals surface area contributed by atoms with Gasteiger partial charge in [-0.1, -0.05) is 0 Å². The second-order valence-corrected chi connectivity index (χ2v) is 7.01. The van der Waals surface area contributed by atoms with Gasteiger partial charge in [0.2, 0.25) is 5.88 Å². The summed E-state index contributed by atoms with van der Waals surface area (Å²) in [6.07, 6.45) is 1.59. The van der Waals surface area contributed by atoms with Gasteiger partial charge in [-0.2, -0.15) is 0 Å². The fraction of sp³-hybridized carbons (Fsp3) is 0.211. The molecule has 26 heavy (non-hydrogen) atoms. The first-order chi connectivity index (χ1) is 12.5. The summed E-state index contributed by atoms with van der Waals surface area (Å²) in [5.74, 6) is 0.306. The van der Waals surface area contributed by atoms with E-state index in [1.165, 1.54) is 18.4 Å². The van der Waals surface area contributed by atoms with E-state index in [0.29, 0.717) is 17.0 Å². The number of aryl methyl sites for hydroxylation is 2. The third-order valence-corrected chi connectivity index (χ3v) is 5.28. The highest BCUT2D eigenvalue weighted by molar-refractivity contribution is 7.21. The number of ether oxygens (including phenoxy) is 2. The Balaban J connectivity index is 1.99. The van der Waals surface area contributed by atoms with E-state index in [-0.39, 0.29) is 11.6 Å². The van der Waals surface area contributed by atoms with Gasteiger partial charge in [0.25, 0.3) is 0 Å². The summed E-state index contributed by atoms with van der Waals surface area (Å²) in [4.78, 5) is 13.6. The number of benzene rings is 2. The monoisotopic (exact) mass is 369 g/mol. The van der Waals surface area contributed by atoms with Crippen LogP contribution >= 0.6 is 11.3 Å². The highest BCUT2D eigenvalue weighted by Crippen LogP contribution is 2.38. The van der Waals surface area contributed by atoms with Crippen LogP contribution in [0.15, 0.2) is 24.4 Å². The average molecular weight is 369 g/mol. The molecule has 0 aliphatic heterocycles. The Kier molecular flexibility index (Phi) is 3.96. The van der Waals surface area contributed by atoms with Gasteiger partial charge >= 0.3 is 0 Å². The molecule has 0 N–H and O–H groups in total. The number of thiazole rings is 1. The molecule has 0 radical (unpaired) electrons. The third-order valence-electron chi connectivity index (χ3n) is 4.24. The summed E-state index contributed by atoms with van der Waals surface area (Å²) in [5, 5.41) is 0.768. The molecule has 2 aromatic heterocycles. The van der Waals surface area contributed by atoms with E-state index >= 15 is 0 Å². The van der Waals surface area contributed by atoms with Gasteiger partial charge < -0.3 is 9.47 Å². The quantitative estimate of drug-likeness (QED) is 0.525. The summed E-state index contributed by atoms with van der Waals surface area (Å²) in [7, 11) is 3.02. The average Bonchev–Trinajstić information content (AvgIpc) is 3.07. The number of halogens is 1. The largest absolute Gasteiger partial charge is 0.494 e. The Labute approximate surface area is 153 Å². The summed E-state index contributed by atoms with van der Waals surface area (Å²) in [5.41, 5.74) is 4.50. The molecular weight excluding hydrogens is 353 g/mol. The molecule has 4 rings (SSSR count). The summed E-state index contributed by atoms with van der Waals surface area (Å²) in [6.45, 7) is 3.70. The van der Waals surface area contributed by atoms with E-state index in [2.05, 4.69) is 15.0 Å². The number of rotatable bonds is 3. The number of hydrogen-bond donors (Lipinski definition) is 0. The summed E-state index contributed by atoms with van der Waals surface area (Å²) >= 11 is 1.48. The maximum absolute atomic E-state index is 14.3. The molecule has 0 atom stereocenters. The molecule has 4 aromatic rings. The van der Waals surface area contributed by atoms with Gasteiger partial charge in [0.15, 0.2) is 11.6 Å². The second-order valence-electron chi connectivity index (χ2n) is 5.98. The molecule has 0 amide bonds. The number of fused-ring (bicyclic) bond motifs is 2. The van der Waals surface area contributed by atoms with Gasteiger partial charge in [0.1, 0.15) is 5.01 Å². The number of nitrogens with zero attached hydrogens (tertiary/aromatic N) is 3. The Morgan fingerprint density at radius 1 is 1.00 bits per heavy atom. The van der Waals surface area contributed by atoms with Crippen LogP contribution in [0.3, 0.4) is 0 Å². The second kappa shape index (κ2) is 6.17. The van der Waals surface area contributed by atoms with Crippen LogP contribution in [-0.4, -0.2) is 29.2 Å². The normalized spacial score (nSPS) is 11.3. The Bertz CT molecular complexity index is 1160. The van der Waals surface area contributed by atoms with Crippen LogP contribution in [0.2, 0.25) is 0 Å². The van der Waals surface area contributed by atoms with Crippen molar-refractivity contribution in [1.29, 1.82) is 0 Å². The molecule has 0 aliphatic rings. The van der Waals surface area contributed by atoms with Crippen molar-refractivity contribution in [3.05, 3.63) is 41.3 Å². The lowest BCUT2D eigenvalue weighted by Gasteiger charge is -2.06. The van der Waals surface area contributed by atoms with Crippen molar-refractivity contribution in [1.82, 2.24) is 15.0 Å². The maximum Gasteiger partial charge on any atom is 0.232 e. The van der Waals surface area contributed by atoms with Crippen molar-refractivity contribution < 1.29 is 13.9 Å². The first-order valence-corrected chi connectivity index (χ1v) is 8.79. The van der Waals surface area contributed by atoms with E-state index in [0.717, 1.165) is 31.9 Å². The first kappa shape index (κ1) is 16.7. The Morgan fingerprint density at radius 2 is 1.81 bits per heavy atom. The molecular formula is C19H16FN3O2S. The minimum absolute atomic E-state index is 0.226. The maximum atomic E-state index is 14.3. The standard InChI is InChI=1S/C19H16FN3O2S/c1-9-5-11(18-12(6-9)22-15(25-4)8-21-18)19-23-17-10(2)16(20)13(24-3)7-14(17)26-19/h5-8H,1-4H3. The molecule has 5 nitrogen and oxygen atoms in total. The van der Waals surface area contributed by atoms with E-state index in [1.807, 2.05) is 19.1 Å². The molecule has 0 spiro atoms. The van der Waals surface area contributed by atoms with Crippen LogP contribution in [0.4, 0.5) is 4.39 Å². The van der Waals surface area contributed by atoms with Crippen molar-refractivity contribution in [2.45, 2.75) is 13.8 Å². The molecule has 0 unspecified atom stereocenters. The summed E-state index contributed by atoms with van der Waals surface area (Å²) in [6, 6.07) is 5.66. The summed E-state index contributed by atoms with van der Waals surface area (Å²) < 4.78 is 25.5. The molecule has 0 saturated carbocycles. The molecule has 0 fully saturated rings. The van der Waals surface area contributed by atoms with Crippen molar-refractivity contribution >= 4 is 32.6 Å². The molecule has 2 aromatic carbocycles. The van der Waals surface area contributed by atoms with Crippen molar-refractivity contribution in [3.8, 4) is 22.2 Å². The van der Waals surface area contributed by atoms with Crippen molar-refractivity contribution in [2.75, 3.05) is 14.2 Å². The lowest BCUT2D eigenvalue weighted by atomic mass is 10.1. The van der Waals surface area contributed by atoms with E-state index in [9.17, 15) is 4.39 Å². The number of methoxy groups -OCH3 is 2. The molecule has 7 heteroatoms. The predicted molar refractivity (Wildman–Crippen MR) is 101 cm³/mol. The highest BCUT2D eigenvalue weighted by atomic mass is 32.1. The van der Waals surface area contributed by atoms with Crippen LogP contribution in [-0.2, 0) is 0 Å². The molecule has 0 bridgehead atoms. The zero-order chi connectivity index (χ0) is 18.4. The molecule has 0 saturated heterocycles.